The Hall–Kier alpha value is -1.17. The van der Waals surface area contributed by atoms with Crippen molar-refractivity contribution in [2.45, 2.75) is 0 Å². The number of hydrogen-bond donors (Lipinski definition) is 1. The van der Waals surface area contributed by atoms with Crippen LogP contribution >= 0.6 is 11.3 Å². The van der Waals surface area contributed by atoms with Gasteiger partial charge >= 0.3 is 5.82 Å². The van der Waals surface area contributed by atoms with Gasteiger partial charge in [0, 0.05) is 0 Å². The fourth-order valence-corrected chi connectivity index (χ4v) is 0.874. The van der Waals surface area contributed by atoms with Crippen LogP contribution in [-0.2, 0) is 0 Å². The van der Waals surface area contributed by atoms with Crippen molar-refractivity contribution in [3.8, 4) is 0 Å². The van der Waals surface area contributed by atoms with Gasteiger partial charge in [0.15, 0.2) is 0 Å². The predicted octanol–water partition coefficient (Wildman–Crippen LogP) is 0.633. The van der Waals surface area contributed by atoms with E-state index in [-0.39, 0.29) is 10.9 Å². The molecule has 6 heteroatoms. The van der Waals surface area contributed by atoms with E-state index in [1.54, 1.807) is 0 Å². The number of anilines is 1. The minimum absolute atomic E-state index is 0.183. The molecule has 0 bridgehead atoms. The standard InChI is InChI=1S/C3H3N3O2S/c4-3-5-2(1-9-3)6(7)8/h1H,(H2,4,5). The van der Waals surface area contributed by atoms with Crippen LogP contribution in [0.25, 0.3) is 0 Å². The monoisotopic (exact) mass is 145 g/mol. The van der Waals surface area contributed by atoms with Crippen molar-refractivity contribution < 1.29 is 4.92 Å². The van der Waals surface area contributed by atoms with E-state index in [0.29, 0.717) is 0 Å². The highest BCUT2D eigenvalue weighted by Crippen LogP contribution is 2.16. The summed E-state index contributed by atoms with van der Waals surface area (Å²) in [6, 6.07) is 0. The maximum Gasteiger partial charge on any atom is 0.376 e. The van der Waals surface area contributed by atoms with Crippen LogP contribution in [0.15, 0.2) is 5.38 Å². The molecule has 0 radical (unpaired) electrons. The average Bonchev–Trinajstić information content (AvgIpc) is 2.14. The molecular formula is C3H3N3O2S. The molecule has 0 aliphatic heterocycles. The van der Waals surface area contributed by atoms with E-state index in [1.807, 2.05) is 0 Å². The summed E-state index contributed by atoms with van der Waals surface area (Å²) in [6.07, 6.45) is 0. The molecule has 9 heavy (non-hydrogen) atoms. The lowest BCUT2D eigenvalue weighted by Crippen LogP contribution is -1.88. The lowest BCUT2D eigenvalue weighted by molar-refractivity contribution is -0.389. The zero-order chi connectivity index (χ0) is 6.85. The summed E-state index contributed by atoms with van der Waals surface area (Å²) in [5.41, 5.74) is 5.12. The van der Waals surface area contributed by atoms with E-state index in [1.165, 1.54) is 5.38 Å². The first kappa shape index (κ1) is 5.96. The highest BCUT2D eigenvalue weighted by molar-refractivity contribution is 7.13. The van der Waals surface area contributed by atoms with Crippen LogP contribution in [0.5, 0.6) is 0 Å². The van der Waals surface area contributed by atoms with E-state index >= 15 is 0 Å². The highest BCUT2D eigenvalue weighted by Gasteiger charge is 2.09. The third-order valence-electron chi connectivity index (χ3n) is 0.697. The SMILES string of the molecule is Nc1nc([N+](=O)[O-])cs1. The summed E-state index contributed by atoms with van der Waals surface area (Å²) in [6.45, 7) is 0. The molecule has 1 rings (SSSR count). The Kier molecular flexibility index (Phi) is 1.31. The van der Waals surface area contributed by atoms with Crippen LogP contribution in [0.3, 0.4) is 0 Å². The maximum absolute atomic E-state index is 9.91. The number of nitrogen functional groups attached to an aromatic ring is 1. The van der Waals surface area contributed by atoms with Crippen molar-refractivity contribution in [3.05, 3.63) is 15.5 Å². The van der Waals surface area contributed by atoms with Crippen molar-refractivity contribution in [1.82, 2.24) is 4.98 Å². The summed E-state index contributed by atoms with van der Waals surface area (Å²) in [5, 5.41) is 11.4. The number of nitrogens with zero attached hydrogens (tertiary/aromatic N) is 2. The zero-order valence-corrected chi connectivity index (χ0v) is 5.09. The fraction of sp³-hybridized carbons (Fsp3) is 0. The molecule has 0 unspecified atom stereocenters. The normalized spacial score (nSPS) is 9.33. The van der Waals surface area contributed by atoms with Gasteiger partial charge in [0.2, 0.25) is 0 Å². The molecule has 0 aliphatic rings. The number of nitrogens with two attached hydrogens (primary N) is 1. The first-order valence-electron chi connectivity index (χ1n) is 2.05. The molecule has 0 saturated carbocycles. The number of nitro groups is 1. The van der Waals surface area contributed by atoms with Crippen molar-refractivity contribution in [1.29, 1.82) is 0 Å². The molecule has 48 valence electrons. The van der Waals surface area contributed by atoms with Gasteiger partial charge in [-0.15, -0.1) is 0 Å². The van der Waals surface area contributed by atoms with Gasteiger partial charge in [-0.3, -0.25) is 0 Å². The van der Waals surface area contributed by atoms with E-state index in [2.05, 4.69) is 4.98 Å². The molecule has 2 N–H and O–H groups in total. The molecule has 0 spiro atoms. The van der Waals surface area contributed by atoms with Gasteiger partial charge in [-0.25, -0.2) is 0 Å². The van der Waals surface area contributed by atoms with Crippen molar-refractivity contribution in [3.63, 3.8) is 0 Å². The van der Waals surface area contributed by atoms with Gasteiger partial charge in [0.1, 0.15) is 0 Å². The number of aromatic nitrogens is 1. The average molecular weight is 145 g/mol. The second-order valence-electron chi connectivity index (χ2n) is 1.30. The molecule has 1 aromatic rings. The fourth-order valence-electron chi connectivity index (χ4n) is 0.363. The second-order valence-corrected chi connectivity index (χ2v) is 2.19. The van der Waals surface area contributed by atoms with Gasteiger partial charge in [0.25, 0.3) is 5.13 Å². The molecule has 5 nitrogen and oxygen atoms in total. The molecule has 1 heterocycles. The zero-order valence-electron chi connectivity index (χ0n) is 4.27. The van der Waals surface area contributed by atoms with Crippen molar-refractivity contribution in [2.75, 3.05) is 5.73 Å². The Morgan fingerprint density at radius 3 is 2.78 bits per heavy atom. The summed E-state index contributed by atoms with van der Waals surface area (Å²) in [5.74, 6) is -0.183. The van der Waals surface area contributed by atoms with Crippen LogP contribution in [0.1, 0.15) is 0 Å². The molecule has 0 aromatic carbocycles. The molecule has 0 saturated heterocycles. The van der Waals surface area contributed by atoms with E-state index in [4.69, 9.17) is 5.73 Å². The van der Waals surface area contributed by atoms with E-state index in [0.717, 1.165) is 11.3 Å². The molecule has 1 aromatic heterocycles. The Labute approximate surface area is 54.3 Å². The minimum atomic E-state index is -0.577. The van der Waals surface area contributed by atoms with Crippen LogP contribution < -0.4 is 5.73 Å². The molecule has 0 aliphatic carbocycles. The summed E-state index contributed by atoms with van der Waals surface area (Å²) in [4.78, 5) is 12.7. The van der Waals surface area contributed by atoms with Crippen molar-refractivity contribution >= 4 is 22.3 Å². The van der Waals surface area contributed by atoms with Crippen LogP contribution in [0, 0.1) is 10.1 Å². The van der Waals surface area contributed by atoms with Crippen LogP contribution in [-0.4, -0.2) is 9.91 Å². The number of hydrogen-bond acceptors (Lipinski definition) is 5. The van der Waals surface area contributed by atoms with Crippen molar-refractivity contribution in [2.24, 2.45) is 0 Å². The highest BCUT2D eigenvalue weighted by atomic mass is 32.1. The van der Waals surface area contributed by atoms with Crippen LogP contribution in [0.2, 0.25) is 0 Å². The smallest absolute Gasteiger partial charge is 0.358 e. The molecular weight excluding hydrogens is 142 g/mol. The first-order valence-corrected chi connectivity index (χ1v) is 2.93. The quantitative estimate of drug-likeness (QED) is 0.464. The summed E-state index contributed by atoms with van der Waals surface area (Å²) < 4.78 is 0. The third-order valence-corrected chi connectivity index (χ3v) is 1.36. The Bertz CT molecular complexity index is 233. The Balaban J connectivity index is 2.98. The lowest BCUT2D eigenvalue weighted by Gasteiger charge is -1.81. The maximum atomic E-state index is 9.91. The number of rotatable bonds is 1. The lowest BCUT2D eigenvalue weighted by atomic mass is 10.8. The summed E-state index contributed by atoms with van der Waals surface area (Å²) in [7, 11) is 0. The van der Waals surface area contributed by atoms with Gasteiger partial charge in [-0.2, -0.15) is 0 Å². The first-order chi connectivity index (χ1) is 4.20. The van der Waals surface area contributed by atoms with Gasteiger partial charge in [0.05, 0.1) is 5.38 Å². The molecule has 0 atom stereocenters. The largest absolute Gasteiger partial charge is 0.376 e. The topological polar surface area (TPSA) is 82.0 Å². The van der Waals surface area contributed by atoms with E-state index < -0.39 is 4.92 Å². The molecule has 0 fully saturated rings. The number of thiazole rings is 1. The summed E-state index contributed by atoms with van der Waals surface area (Å²) >= 11 is 1.06. The minimum Gasteiger partial charge on any atom is -0.358 e. The van der Waals surface area contributed by atoms with Gasteiger partial charge < -0.3 is 15.8 Å². The Morgan fingerprint density at radius 1 is 1.89 bits per heavy atom. The van der Waals surface area contributed by atoms with Gasteiger partial charge in [-0.1, -0.05) is 11.3 Å². The van der Waals surface area contributed by atoms with Gasteiger partial charge in [-0.05, 0) is 9.91 Å². The second kappa shape index (κ2) is 1.98. The van der Waals surface area contributed by atoms with E-state index in [9.17, 15) is 10.1 Å². The van der Waals surface area contributed by atoms with Crippen LogP contribution in [0.4, 0.5) is 10.9 Å². The Morgan fingerprint density at radius 2 is 2.56 bits per heavy atom. The molecule has 0 amide bonds. The third kappa shape index (κ3) is 1.14. The predicted molar refractivity (Wildman–Crippen MR) is 33.2 cm³/mol.